The molecule has 6 rings (SSSR count). The number of nitrogens with zero attached hydrogens (tertiary/aromatic N) is 3. The fraction of sp³-hybridized carbons (Fsp3) is 0.737. The van der Waals surface area contributed by atoms with Gasteiger partial charge < -0.3 is 20.3 Å². The average Bonchev–Trinajstić information content (AvgIpc) is 2.84. The maximum absolute atomic E-state index is 13.7. The third-order valence-corrected chi connectivity index (χ3v) is 6.56. The first-order valence-electron chi connectivity index (χ1n) is 10.2. The van der Waals surface area contributed by atoms with Crippen molar-refractivity contribution < 1.29 is 27.1 Å². The lowest BCUT2D eigenvalue weighted by Gasteiger charge is -2.65. The summed E-state index contributed by atoms with van der Waals surface area (Å²) in [4.78, 5) is 21.9. The molecule has 0 spiro atoms. The molecule has 5 aliphatic rings. The van der Waals surface area contributed by atoms with Crippen molar-refractivity contribution in [1.82, 2.24) is 14.9 Å². The van der Waals surface area contributed by atoms with Gasteiger partial charge in [-0.25, -0.2) is 9.37 Å². The monoisotopic (exact) mass is 429 g/mol. The number of alkyl halides is 4. The third-order valence-electron chi connectivity index (χ3n) is 6.56. The van der Waals surface area contributed by atoms with Crippen molar-refractivity contribution in [3.63, 3.8) is 0 Å². The normalized spacial score (nSPS) is 34.4. The molecular formula is C19H23F4N5O2. The number of aromatic nitrogens is 2. The summed E-state index contributed by atoms with van der Waals surface area (Å²) in [5.74, 6) is -0.278. The zero-order valence-corrected chi connectivity index (χ0v) is 16.3. The smallest absolute Gasteiger partial charge is 0.378 e. The topological polar surface area (TPSA) is 79.4 Å². The highest BCUT2D eigenvalue weighted by Crippen LogP contribution is 2.64. The number of ether oxygens (including phenoxy) is 1. The van der Waals surface area contributed by atoms with Crippen LogP contribution in [0, 0.1) is 5.92 Å². The second-order valence-corrected chi connectivity index (χ2v) is 8.98. The van der Waals surface area contributed by atoms with Crippen LogP contribution in [0.5, 0.6) is 0 Å². The zero-order valence-electron chi connectivity index (χ0n) is 16.3. The first-order chi connectivity index (χ1) is 14.2. The minimum atomic E-state index is -4.60. The van der Waals surface area contributed by atoms with Gasteiger partial charge in [-0.05, 0) is 12.8 Å². The lowest BCUT2D eigenvalue weighted by atomic mass is 9.47. The fourth-order valence-electron chi connectivity index (χ4n) is 5.18. The number of carbonyl (C=O) groups is 1. The van der Waals surface area contributed by atoms with Crippen molar-refractivity contribution in [1.29, 1.82) is 0 Å². The SMILES string of the molecule is O=C1C2COCC(C2)N1CCCNc1nc(NC23CC(F)(C2)C3)ncc1C(F)(F)F. The van der Waals surface area contributed by atoms with Gasteiger partial charge in [0.2, 0.25) is 11.9 Å². The highest BCUT2D eigenvalue weighted by Gasteiger charge is 2.69. The Labute approximate surface area is 170 Å². The van der Waals surface area contributed by atoms with E-state index in [1.807, 2.05) is 0 Å². The van der Waals surface area contributed by atoms with Gasteiger partial charge in [-0.3, -0.25) is 4.79 Å². The van der Waals surface area contributed by atoms with E-state index < -0.39 is 22.9 Å². The van der Waals surface area contributed by atoms with Gasteiger partial charge in [0, 0.05) is 44.1 Å². The predicted octanol–water partition coefficient (Wildman–Crippen LogP) is 2.60. The zero-order chi connectivity index (χ0) is 21.1. The Morgan fingerprint density at radius 3 is 2.70 bits per heavy atom. The Balaban J connectivity index is 1.21. The summed E-state index contributed by atoms with van der Waals surface area (Å²) >= 11 is 0. The van der Waals surface area contributed by atoms with Crippen LogP contribution in [0.15, 0.2) is 6.20 Å². The Kier molecular flexibility index (Phi) is 4.39. The standard InChI is InChI=1S/C19H23F4N5O2/c20-17-8-18(9-17,10-17)27-16-25-5-13(19(21,22)23)14(26-16)24-2-1-3-28-12-4-11(15(28)29)6-30-7-12/h5,11-12H,1-4,6-10H2,(H2,24,25,26,27). The fourth-order valence-corrected chi connectivity index (χ4v) is 5.18. The summed E-state index contributed by atoms with van der Waals surface area (Å²) in [6, 6.07) is 0.0590. The number of halogens is 4. The molecule has 0 radical (unpaired) electrons. The molecule has 3 aliphatic carbocycles. The Morgan fingerprint density at radius 1 is 1.27 bits per heavy atom. The lowest BCUT2D eigenvalue weighted by Crippen LogP contribution is -2.73. The van der Waals surface area contributed by atoms with Crippen LogP contribution < -0.4 is 10.6 Å². The number of amides is 1. The molecule has 1 amide bonds. The van der Waals surface area contributed by atoms with Crippen molar-refractivity contribution in [2.24, 2.45) is 5.92 Å². The highest BCUT2D eigenvalue weighted by molar-refractivity contribution is 5.82. The van der Waals surface area contributed by atoms with Crippen molar-refractivity contribution in [2.75, 3.05) is 36.9 Å². The molecular weight excluding hydrogens is 406 g/mol. The van der Waals surface area contributed by atoms with Crippen LogP contribution in [0.1, 0.15) is 37.7 Å². The van der Waals surface area contributed by atoms with Crippen LogP contribution >= 0.6 is 0 Å². The number of fused-ring (bicyclic) bond motifs is 2. The second kappa shape index (κ2) is 6.66. The summed E-state index contributed by atoms with van der Waals surface area (Å²) in [6.07, 6.45) is -1.58. The molecule has 2 unspecified atom stereocenters. The minimum absolute atomic E-state index is 0.0590. The van der Waals surface area contributed by atoms with E-state index in [0.717, 1.165) is 12.6 Å². The van der Waals surface area contributed by atoms with Crippen LogP contribution in [0.25, 0.3) is 0 Å². The first-order valence-corrected chi connectivity index (χ1v) is 10.2. The van der Waals surface area contributed by atoms with Crippen LogP contribution in [-0.4, -0.2) is 64.3 Å². The molecule has 5 fully saturated rings. The maximum atomic E-state index is 13.7. The molecule has 1 aromatic rings. The molecule has 7 nitrogen and oxygen atoms in total. The maximum Gasteiger partial charge on any atom is 0.421 e. The Morgan fingerprint density at radius 2 is 2.03 bits per heavy atom. The van der Waals surface area contributed by atoms with Gasteiger partial charge in [0.25, 0.3) is 0 Å². The van der Waals surface area contributed by atoms with Crippen LogP contribution in [0.3, 0.4) is 0 Å². The van der Waals surface area contributed by atoms with E-state index in [9.17, 15) is 22.4 Å². The van der Waals surface area contributed by atoms with E-state index in [1.165, 1.54) is 0 Å². The van der Waals surface area contributed by atoms with E-state index in [4.69, 9.17) is 4.74 Å². The van der Waals surface area contributed by atoms with Gasteiger partial charge in [-0.1, -0.05) is 0 Å². The van der Waals surface area contributed by atoms with Gasteiger partial charge in [-0.15, -0.1) is 0 Å². The average molecular weight is 429 g/mol. The second-order valence-electron chi connectivity index (χ2n) is 8.98. The number of rotatable bonds is 7. The number of likely N-dealkylation sites (tertiary alicyclic amines) is 1. The molecule has 164 valence electrons. The Bertz CT molecular complexity index is 844. The summed E-state index contributed by atoms with van der Waals surface area (Å²) < 4.78 is 59.1. The third kappa shape index (κ3) is 3.36. The van der Waals surface area contributed by atoms with Gasteiger partial charge >= 0.3 is 6.18 Å². The largest absolute Gasteiger partial charge is 0.421 e. The molecule has 2 saturated heterocycles. The van der Waals surface area contributed by atoms with Crippen LogP contribution in [0.4, 0.5) is 29.3 Å². The van der Waals surface area contributed by atoms with Gasteiger partial charge in [0.1, 0.15) is 17.1 Å². The van der Waals surface area contributed by atoms with E-state index >= 15 is 0 Å². The molecule has 2 N–H and O–H groups in total. The van der Waals surface area contributed by atoms with Crippen LogP contribution in [0.2, 0.25) is 0 Å². The van der Waals surface area contributed by atoms with E-state index in [0.29, 0.717) is 45.4 Å². The molecule has 3 saturated carbocycles. The molecule has 2 atom stereocenters. The molecule has 4 bridgehead atoms. The van der Waals surface area contributed by atoms with Crippen molar-refractivity contribution >= 4 is 17.7 Å². The number of nitrogens with one attached hydrogen (secondary N) is 2. The van der Waals surface area contributed by atoms with E-state index in [2.05, 4.69) is 20.6 Å². The molecule has 0 aromatic carbocycles. The first kappa shape index (κ1) is 19.8. The molecule has 30 heavy (non-hydrogen) atoms. The van der Waals surface area contributed by atoms with Gasteiger partial charge in [0.15, 0.2) is 0 Å². The number of hydrogen-bond acceptors (Lipinski definition) is 6. The van der Waals surface area contributed by atoms with E-state index in [-0.39, 0.29) is 36.2 Å². The van der Waals surface area contributed by atoms with Crippen molar-refractivity contribution in [2.45, 2.75) is 55.5 Å². The summed E-state index contributed by atoms with van der Waals surface area (Å²) in [5, 5.41) is 5.74. The van der Waals surface area contributed by atoms with Crippen molar-refractivity contribution in [3.05, 3.63) is 11.8 Å². The molecule has 11 heteroatoms. The molecule has 3 heterocycles. The number of carbonyl (C=O) groups excluding carboxylic acids is 1. The summed E-state index contributed by atoms with van der Waals surface area (Å²) in [7, 11) is 0. The Hall–Kier alpha value is -2.17. The quantitative estimate of drug-likeness (QED) is 0.513. The number of anilines is 2. The lowest BCUT2D eigenvalue weighted by molar-refractivity contribution is -0.137. The molecule has 2 aliphatic heterocycles. The predicted molar refractivity (Wildman–Crippen MR) is 98.6 cm³/mol. The highest BCUT2D eigenvalue weighted by atomic mass is 19.4. The van der Waals surface area contributed by atoms with Gasteiger partial charge in [-0.2, -0.15) is 18.2 Å². The van der Waals surface area contributed by atoms with Crippen molar-refractivity contribution in [3.8, 4) is 0 Å². The number of hydrogen-bond donors (Lipinski definition) is 2. The summed E-state index contributed by atoms with van der Waals surface area (Å²) in [5.41, 5.74) is -2.51. The summed E-state index contributed by atoms with van der Waals surface area (Å²) in [6.45, 7) is 1.63. The minimum Gasteiger partial charge on any atom is -0.378 e. The van der Waals surface area contributed by atoms with E-state index in [1.54, 1.807) is 4.90 Å². The van der Waals surface area contributed by atoms with Crippen LogP contribution in [-0.2, 0) is 15.7 Å². The molecule has 1 aromatic heterocycles. The van der Waals surface area contributed by atoms with Gasteiger partial charge in [0.05, 0.1) is 25.2 Å².